The first-order chi connectivity index (χ1) is 13.4. The zero-order chi connectivity index (χ0) is 20.1. The third-order valence-corrected chi connectivity index (χ3v) is 6.92. The van der Waals surface area contributed by atoms with E-state index < -0.39 is 15.8 Å². The molecule has 0 atom stereocenters. The van der Waals surface area contributed by atoms with Crippen molar-refractivity contribution in [2.45, 2.75) is 49.5 Å². The number of hydrogen-bond acceptors (Lipinski definition) is 3. The van der Waals surface area contributed by atoms with Crippen molar-refractivity contribution in [1.29, 1.82) is 0 Å². The van der Waals surface area contributed by atoms with Crippen LogP contribution in [0.3, 0.4) is 0 Å². The zero-order valence-electron chi connectivity index (χ0n) is 15.9. The SMILES string of the molecule is CN(c1ccc(F)cc1)S(=O)(=O)c1cccc(C(=O)NC2CCCCCC2)c1. The molecule has 1 aliphatic carbocycles. The second-order valence-corrected chi connectivity index (χ2v) is 9.11. The minimum Gasteiger partial charge on any atom is -0.349 e. The predicted molar refractivity (Wildman–Crippen MR) is 107 cm³/mol. The Morgan fingerprint density at radius 3 is 2.32 bits per heavy atom. The number of carbonyl (C=O) groups is 1. The van der Waals surface area contributed by atoms with Gasteiger partial charge in [0.2, 0.25) is 0 Å². The smallest absolute Gasteiger partial charge is 0.264 e. The van der Waals surface area contributed by atoms with Crippen LogP contribution in [0.25, 0.3) is 0 Å². The maximum Gasteiger partial charge on any atom is 0.264 e. The summed E-state index contributed by atoms with van der Waals surface area (Å²) < 4.78 is 40.1. The van der Waals surface area contributed by atoms with Crippen molar-refractivity contribution in [2.75, 3.05) is 11.4 Å². The molecule has 1 fully saturated rings. The van der Waals surface area contributed by atoms with Gasteiger partial charge in [-0.1, -0.05) is 31.7 Å². The molecule has 2 aromatic carbocycles. The molecule has 0 radical (unpaired) electrons. The van der Waals surface area contributed by atoms with E-state index in [9.17, 15) is 17.6 Å². The molecule has 7 heteroatoms. The Morgan fingerprint density at radius 2 is 1.68 bits per heavy atom. The molecule has 0 bridgehead atoms. The van der Waals surface area contributed by atoms with E-state index >= 15 is 0 Å². The number of rotatable bonds is 5. The Hall–Kier alpha value is -2.41. The fourth-order valence-electron chi connectivity index (χ4n) is 3.44. The molecular formula is C21H25FN2O3S. The molecule has 0 unspecified atom stereocenters. The van der Waals surface area contributed by atoms with Crippen LogP contribution in [-0.4, -0.2) is 27.4 Å². The molecule has 5 nitrogen and oxygen atoms in total. The van der Waals surface area contributed by atoms with E-state index in [1.54, 1.807) is 12.1 Å². The van der Waals surface area contributed by atoms with E-state index in [4.69, 9.17) is 0 Å². The zero-order valence-corrected chi connectivity index (χ0v) is 16.7. The van der Waals surface area contributed by atoms with Gasteiger partial charge in [0.25, 0.3) is 15.9 Å². The highest BCUT2D eigenvalue weighted by atomic mass is 32.2. The van der Waals surface area contributed by atoms with Gasteiger partial charge in [0.1, 0.15) is 5.82 Å². The van der Waals surface area contributed by atoms with Crippen LogP contribution in [0.4, 0.5) is 10.1 Å². The first-order valence-corrected chi connectivity index (χ1v) is 11.0. The number of halogens is 1. The molecule has 150 valence electrons. The number of benzene rings is 2. The number of nitrogens with zero attached hydrogens (tertiary/aromatic N) is 1. The molecule has 0 heterocycles. The maximum absolute atomic E-state index is 13.1. The standard InChI is InChI=1S/C21H25FN2O3S/c1-24(19-13-11-17(22)12-14-19)28(26,27)20-10-6-7-16(15-20)21(25)23-18-8-4-2-3-5-9-18/h6-7,10-15,18H,2-5,8-9H2,1H3,(H,23,25). The van der Waals surface area contributed by atoms with Gasteiger partial charge in [0.05, 0.1) is 10.6 Å². The van der Waals surface area contributed by atoms with E-state index in [1.165, 1.54) is 56.3 Å². The van der Waals surface area contributed by atoms with Crippen LogP contribution in [0.5, 0.6) is 0 Å². The number of nitrogens with one attached hydrogen (secondary N) is 1. The molecule has 28 heavy (non-hydrogen) atoms. The molecule has 1 aliphatic rings. The Morgan fingerprint density at radius 1 is 1.04 bits per heavy atom. The summed E-state index contributed by atoms with van der Waals surface area (Å²) in [6, 6.07) is 11.4. The quantitative estimate of drug-likeness (QED) is 0.763. The lowest BCUT2D eigenvalue weighted by atomic mass is 10.1. The third kappa shape index (κ3) is 4.70. The topological polar surface area (TPSA) is 66.5 Å². The minimum atomic E-state index is -3.87. The number of sulfonamides is 1. The summed E-state index contributed by atoms with van der Waals surface area (Å²) >= 11 is 0. The summed E-state index contributed by atoms with van der Waals surface area (Å²) in [5.74, 6) is -0.694. The summed E-state index contributed by atoms with van der Waals surface area (Å²) in [5, 5.41) is 3.03. The van der Waals surface area contributed by atoms with Crippen LogP contribution >= 0.6 is 0 Å². The van der Waals surface area contributed by atoms with Gasteiger partial charge in [-0.05, 0) is 55.3 Å². The number of carbonyl (C=O) groups excluding carboxylic acids is 1. The van der Waals surface area contributed by atoms with E-state index in [0.717, 1.165) is 30.0 Å². The van der Waals surface area contributed by atoms with E-state index in [-0.39, 0.29) is 16.8 Å². The second-order valence-electron chi connectivity index (χ2n) is 7.14. The minimum absolute atomic E-state index is 0.0211. The second kappa shape index (κ2) is 8.73. The van der Waals surface area contributed by atoms with E-state index in [2.05, 4.69) is 5.32 Å². The average Bonchev–Trinajstić information content (AvgIpc) is 2.97. The fraction of sp³-hybridized carbons (Fsp3) is 0.381. The number of anilines is 1. The summed E-state index contributed by atoms with van der Waals surface area (Å²) in [4.78, 5) is 12.6. The van der Waals surface area contributed by atoms with Crippen molar-refractivity contribution >= 4 is 21.6 Å². The first-order valence-electron chi connectivity index (χ1n) is 9.53. The molecule has 0 spiro atoms. The van der Waals surface area contributed by atoms with Crippen molar-refractivity contribution in [2.24, 2.45) is 0 Å². The summed E-state index contributed by atoms with van der Waals surface area (Å²) in [6.45, 7) is 0. The Kier molecular flexibility index (Phi) is 6.34. The highest BCUT2D eigenvalue weighted by Gasteiger charge is 2.23. The molecule has 1 N–H and O–H groups in total. The molecule has 2 aromatic rings. The van der Waals surface area contributed by atoms with Gasteiger partial charge < -0.3 is 5.32 Å². The van der Waals surface area contributed by atoms with Crippen LogP contribution in [0, 0.1) is 5.82 Å². The predicted octanol–water partition coefficient (Wildman–Crippen LogP) is 4.10. The molecule has 0 saturated heterocycles. The monoisotopic (exact) mass is 404 g/mol. The molecule has 1 saturated carbocycles. The largest absolute Gasteiger partial charge is 0.349 e. The van der Waals surface area contributed by atoms with Gasteiger partial charge in [-0.2, -0.15) is 0 Å². The van der Waals surface area contributed by atoms with Crippen molar-refractivity contribution in [1.82, 2.24) is 5.32 Å². The first kappa shape index (κ1) is 20.3. The molecule has 1 amide bonds. The van der Waals surface area contributed by atoms with Crippen molar-refractivity contribution in [3.8, 4) is 0 Å². The van der Waals surface area contributed by atoms with Crippen molar-refractivity contribution in [3.63, 3.8) is 0 Å². The third-order valence-electron chi connectivity index (χ3n) is 5.14. The van der Waals surface area contributed by atoms with Gasteiger partial charge in [0.15, 0.2) is 0 Å². The molecule has 0 aromatic heterocycles. The van der Waals surface area contributed by atoms with Gasteiger partial charge in [-0.25, -0.2) is 12.8 Å². The van der Waals surface area contributed by atoms with Crippen LogP contribution in [0.2, 0.25) is 0 Å². The summed E-state index contributed by atoms with van der Waals surface area (Å²) in [7, 11) is -2.47. The summed E-state index contributed by atoms with van der Waals surface area (Å²) in [6.07, 6.45) is 6.49. The maximum atomic E-state index is 13.1. The van der Waals surface area contributed by atoms with Crippen LogP contribution in [-0.2, 0) is 10.0 Å². The van der Waals surface area contributed by atoms with Gasteiger partial charge in [0, 0.05) is 18.7 Å². The van der Waals surface area contributed by atoms with Crippen molar-refractivity contribution < 1.29 is 17.6 Å². The highest BCUT2D eigenvalue weighted by molar-refractivity contribution is 7.92. The molecule has 0 aliphatic heterocycles. The highest BCUT2D eigenvalue weighted by Crippen LogP contribution is 2.23. The molecule has 3 rings (SSSR count). The Labute approximate surface area is 165 Å². The van der Waals surface area contributed by atoms with Crippen LogP contribution in [0.1, 0.15) is 48.9 Å². The molecular weight excluding hydrogens is 379 g/mol. The van der Waals surface area contributed by atoms with Gasteiger partial charge in [-0.15, -0.1) is 0 Å². The van der Waals surface area contributed by atoms with Crippen LogP contribution < -0.4 is 9.62 Å². The lowest BCUT2D eigenvalue weighted by molar-refractivity contribution is 0.0933. The number of hydrogen-bond donors (Lipinski definition) is 1. The lowest BCUT2D eigenvalue weighted by Gasteiger charge is -2.20. The van der Waals surface area contributed by atoms with Gasteiger partial charge in [-0.3, -0.25) is 9.10 Å². The van der Waals surface area contributed by atoms with Crippen LogP contribution in [0.15, 0.2) is 53.4 Å². The van der Waals surface area contributed by atoms with Gasteiger partial charge >= 0.3 is 0 Å². The normalized spacial score (nSPS) is 15.6. The Bertz CT molecular complexity index is 921. The van der Waals surface area contributed by atoms with E-state index in [0.29, 0.717) is 11.3 Å². The lowest BCUT2D eigenvalue weighted by Crippen LogP contribution is -2.34. The number of amides is 1. The fourth-order valence-corrected chi connectivity index (χ4v) is 4.68. The van der Waals surface area contributed by atoms with E-state index in [1.807, 2.05) is 0 Å². The average molecular weight is 405 g/mol. The van der Waals surface area contributed by atoms with Crippen molar-refractivity contribution in [3.05, 3.63) is 59.9 Å². The Balaban J connectivity index is 1.79. The summed E-state index contributed by atoms with van der Waals surface area (Å²) in [5.41, 5.74) is 0.660.